The molecular weight excluding hydrogens is 108 g/mol. The molecule has 0 aromatic heterocycles. The van der Waals surface area contributed by atoms with E-state index in [0.717, 1.165) is 0 Å². The molecule has 1 aliphatic heterocycles. The Balaban J connectivity index is 2.37. The number of carbonyl (C=O) groups is 1. The van der Waals surface area contributed by atoms with Gasteiger partial charge >= 0.3 is 5.97 Å². The van der Waals surface area contributed by atoms with E-state index in [9.17, 15) is 4.79 Å². The number of rotatable bonds is 1. The summed E-state index contributed by atoms with van der Waals surface area (Å²) in [5.41, 5.74) is 5.28. The SMILES string of the molecule is NC1CNC1C(=O)O. The van der Waals surface area contributed by atoms with Crippen LogP contribution in [0.3, 0.4) is 0 Å². The van der Waals surface area contributed by atoms with Gasteiger partial charge in [0, 0.05) is 12.6 Å². The van der Waals surface area contributed by atoms with Gasteiger partial charge < -0.3 is 16.2 Å². The molecule has 2 unspecified atom stereocenters. The van der Waals surface area contributed by atoms with E-state index in [1.54, 1.807) is 0 Å². The van der Waals surface area contributed by atoms with Gasteiger partial charge in [-0.3, -0.25) is 4.79 Å². The first-order chi connectivity index (χ1) is 3.72. The Labute approximate surface area is 46.7 Å². The van der Waals surface area contributed by atoms with Crippen molar-refractivity contribution in [2.75, 3.05) is 6.54 Å². The minimum absolute atomic E-state index is 0.188. The highest BCUT2D eigenvalue weighted by Gasteiger charge is 2.32. The molecule has 4 N–H and O–H groups in total. The van der Waals surface area contributed by atoms with Gasteiger partial charge in [-0.1, -0.05) is 0 Å². The first kappa shape index (κ1) is 5.53. The third-order valence-electron chi connectivity index (χ3n) is 1.27. The Hall–Kier alpha value is -0.610. The van der Waals surface area contributed by atoms with Crippen molar-refractivity contribution in [3.05, 3.63) is 0 Å². The molecule has 0 aromatic carbocycles. The number of aliphatic carboxylic acids is 1. The van der Waals surface area contributed by atoms with E-state index in [2.05, 4.69) is 5.32 Å². The predicted octanol–water partition coefficient (Wildman–Crippen LogP) is -1.63. The van der Waals surface area contributed by atoms with E-state index >= 15 is 0 Å². The van der Waals surface area contributed by atoms with Crippen LogP contribution < -0.4 is 11.1 Å². The van der Waals surface area contributed by atoms with Crippen molar-refractivity contribution in [3.63, 3.8) is 0 Å². The van der Waals surface area contributed by atoms with Gasteiger partial charge in [0.1, 0.15) is 6.04 Å². The van der Waals surface area contributed by atoms with Crippen molar-refractivity contribution in [2.45, 2.75) is 12.1 Å². The van der Waals surface area contributed by atoms with Gasteiger partial charge in [0.2, 0.25) is 0 Å². The normalized spacial score (nSPS) is 36.1. The van der Waals surface area contributed by atoms with Crippen molar-refractivity contribution < 1.29 is 9.90 Å². The molecule has 0 aliphatic carbocycles. The molecule has 4 heteroatoms. The van der Waals surface area contributed by atoms with E-state index in [-0.39, 0.29) is 6.04 Å². The highest BCUT2D eigenvalue weighted by molar-refractivity contribution is 5.75. The molecule has 46 valence electrons. The molecule has 0 saturated carbocycles. The number of carboxylic acid groups (broad SMARTS) is 1. The van der Waals surface area contributed by atoms with E-state index in [1.807, 2.05) is 0 Å². The Bertz CT molecular complexity index is 115. The van der Waals surface area contributed by atoms with Gasteiger partial charge in [0.05, 0.1) is 0 Å². The van der Waals surface area contributed by atoms with Gasteiger partial charge in [0.25, 0.3) is 0 Å². The maximum atomic E-state index is 10.0. The molecule has 0 aromatic rings. The minimum Gasteiger partial charge on any atom is -0.480 e. The van der Waals surface area contributed by atoms with Gasteiger partial charge in [-0.25, -0.2) is 0 Å². The van der Waals surface area contributed by atoms with Crippen molar-refractivity contribution in [2.24, 2.45) is 5.73 Å². The molecular formula is C4H8N2O2. The molecule has 4 nitrogen and oxygen atoms in total. The molecule has 0 amide bonds. The summed E-state index contributed by atoms with van der Waals surface area (Å²) >= 11 is 0. The second-order valence-electron chi connectivity index (χ2n) is 1.89. The summed E-state index contributed by atoms with van der Waals surface area (Å²) in [6.07, 6.45) is 0. The Morgan fingerprint density at radius 2 is 2.50 bits per heavy atom. The zero-order chi connectivity index (χ0) is 6.15. The quantitative estimate of drug-likeness (QED) is 0.384. The van der Waals surface area contributed by atoms with Crippen LogP contribution in [0.25, 0.3) is 0 Å². The van der Waals surface area contributed by atoms with Gasteiger partial charge in [-0.05, 0) is 0 Å². The monoisotopic (exact) mass is 116 g/mol. The van der Waals surface area contributed by atoms with Gasteiger partial charge in [-0.2, -0.15) is 0 Å². The zero-order valence-electron chi connectivity index (χ0n) is 4.29. The summed E-state index contributed by atoms with van der Waals surface area (Å²) in [6.45, 7) is 0.622. The van der Waals surface area contributed by atoms with Crippen molar-refractivity contribution in [1.29, 1.82) is 0 Å². The minimum atomic E-state index is -0.858. The first-order valence-electron chi connectivity index (χ1n) is 2.43. The second kappa shape index (κ2) is 1.72. The smallest absolute Gasteiger partial charge is 0.322 e. The molecule has 8 heavy (non-hydrogen) atoms. The average molecular weight is 116 g/mol. The molecule has 0 spiro atoms. The van der Waals surface area contributed by atoms with Crippen LogP contribution in [0, 0.1) is 0 Å². The summed E-state index contributed by atoms with van der Waals surface area (Å²) in [6, 6.07) is -0.692. The van der Waals surface area contributed by atoms with E-state index in [1.165, 1.54) is 0 Å². The Morgan fingerprint density at radius 3 is 2.50 bits per heavy atom. The average Bonchev–Trinajstić information content (AvgIpc) is 1.61. The first-order valence-corrected chi connectivity index (χ1v) is 2.43. The van der Waals surface area contributed by atoms with E-state index < -0.39 is 12.0 Å². The lowest BCUT2D eigenvalue weighted by Crippen LogP contribution is -2.65. The topological polar surface area (TPSA) is 75.3 Å². The summed E-state index contributed by atoms with van der Waals surface area (Å²) in [5, 5.41) is 10.9. The lowest BCUT2D eigenvalue weighted by Gasteiger charge is -2.31. The Kier molecular flexibility index (Phi) is 1.19. The second-order valence-corrected chi connectivity index (χ2v) is 1.89. The zero-order valence-corrected chi connectivity index (χ0v) is 4.29. The fourth-order valence-electron chi connectivity index (χ4n) is 0.642. The molecule has 1 rings (SSSR count). The number of hydrogen-bond donors (Lipinski definition) is 3. The number of carboxylic acids is 1. The largest absolute Gasteiger partial charge is 0.480 e. The third kappa shape index (κ3) is 0.677. The highest BCUT2D eigenvalue weighted by Crippen LogP contribution is 1.99. The van der Waals surface area contributed by atoms with E-state index in [4.69, 9.17) is 10.8 Å². The maximum absolute atomic E-state index is 10.0. The summed E-state index contributed by atoms with van der Waals surface area (Å²) in [4.78, 5) is 10.0. The summed E-state index contributed by atoms with van der Waals surface area (Å²) < 4.78 is 0. The fraction of sp³-hybridized carbons (Fsp3) is 0.750. The van der Waals surface area contributed by atoms with Gasteiger partial charge in [0.15, 0.2) is 0 Å². The van der Waals surface area contributed by atoms with E-state index in [0.29, 0.717) is 6.54 Å². The van der Waals surface area contributed by atoms with Crippen LogP contribution in [-0.2, 0) is 4.79 Å². The van der Waals surface area contributed by atoms with Crippen molar-refractivity contribution in [1.82, 2.24) is 5.32 Å². The van der Waals surface area contributed by atoms with Crippen LogP contribution >= 0.6 is 0 Å². The van der Waals surface area contributed by atoms with Crippen LogP contribution in [-0.4, -0.2) is 29.7 Å². The molecule has 1 saturated heterocycles. The highest BCUT2D eigenvalue weighted by atomic mass is 16.4. The molecule has 1 aliphatic rings. The van der Waals surface area contributed by atoms with Crippen molar-refractivity contribution in [3.8, 4) is 0 Å². The lowest BCUT2D eigenvalue weighted by molar-refractivity contribution is -0.141. The molecule has 1 heterocycles. The van der Waals surface area contributed by atoms with Crippen molar-refractivity contribution >= 4 is 5.97 Å². The van der Waals surface area contributed by atoms with Crippen LogP contribution in [0.4, 0.5) is 0 Å². The summed E-state index contributed by atoms with van der Waals surface area (Å²) in [5.74, 6) is -0.858. The predicted molar refractivity (Wildman–Crippen MR) is 27.4 cm³/mol. The Morgan fingerprint density at radius 1 is 1.88 bits per heavy atom. The number of nitrogens with one attached hydrogen (secondary N) is 1. The van der Waals surface area contributed by atoms with Crippen LogP contribution in [0.5, 0.6) is 0 Å². The molecule has 0 bridgehead atoms. The molecule has 2 atom stereocenters. The van der Waals surface area contributed by atoms with Crippen LogP contribution in [0.1, 0.15) is 0 Å². The number of hydrogen-bond acceptors (Lipinski definition) is 3. The number of nitrogens with two attached hydrogens (primary N) is 1. The fourth-order valence-corrected chi connectivity index (χ4v) is 0.642. The standard InChI is InChI=1S/C4H8N2O2/c5-2-1-6-3(2)4(7)8/h2-3,6H,1,5H2,(H,7,8). The molecule has 1 fully saturated rings. The molecule has 0 radical (unpaired) electrons. The van der Waals surface area contributed by atoms with Crippen LogP contribution in [0.15, 0.2) is 0 Å². The maximum Gasteiger partial charge on any atom is 0.322 e. The lowest BCUT2D eigenvalue weighted by atomic mass is 10.0. The third-order valence-corrected chi connectivity index (χ3v) is 1.27. The summed E-state index contributed by atoms with van der Waals surface area (Å²) in [7, 11) is 0. The van der Waals surface area contributed by atoms with Crippen LogP contribution in [0.2, 0.25) is 0 Å². The van der Waals surface area contributed by atoms with Gasteiger partial charge in [-0.15, -0.1) is 0 Å².